The Hall–Kier alpha value is -0.220. The van der Waals surface area contributed by atoms with Crippen molar-refractivity contribution in [3.05, 3.63) is 0 Å². The minimum absolute atomic E-state index is 0.00799. The first-order chi connectivity index (χ1) is 7.44. The quantitative estimate of drug-likeness (QED) is 0.710. The van der Waals surface area contributed by atoms with E-state index in [4.69, 9.17) is 4.74 Å². The number of esters is 1. The molecule has 0 spiro atoms. The van der Waals surface area contributed by atoms with Crippen LogP contribution in [0, 0.1) is 0 Å². The molecule has 0 aliphatic carbocycles. The van der Waals surface area contributed by atoms with E-state index in [-0.39, 0.29) is 17.6 Å². The second kappa shape index (κ2) is 5.92. The van der Waals surface area contributed by atoms with Crippen molar-refractivity contribution in [3.63, 3.8) is 0 Å². The first kappa shape index (κ1) is 13.8. The molecule has 0 radical (unpaired) electrons. The molecule has 0 bridgehead atoms. The zero-order valence-electron chi connectivity index (χ0n) is 10.8. The van der Waals surface area contributed by atoms with Crippen molar-refractivity contribution in [1.29, 1.82) is 0 Å². The highest BCUT2D eigenvalue weighted by Crippen LogP contribution is 2.21. The van der Waals surface area contributed by atoms with Crippen molar-refractivity contribution >= 4 is 17.7 Å². The van der Waals surface area contributed by atoms with Crippen LogP contribution in [0.25, 0.3) is 0 Å². The third kappa shape index (κ3) is 4.34. The van der Waals surface area contributed by atoms with Gasteiger partial charge in [-0.25, -0.2) is 0 Å². The van der Waals surface area contributed by atoms with E-state index in [1.807, 2.05) is 32.5 Å². The highest BCUT2D eigenvalue weighted by molar-refractivity contribution is 7.98. The number of carbonyl (C=O) groups excluding carboxylic acids is 1. The van der Waals surface area contributed by atoms with Gasteiger partial charge in [0.25, 0.3) is 0 Å². The van der Waals surface area contributed by atoms with Gasteiger partial charge in [-0.1, -0.05) is 0 Å². The highest BCUT2D eigenvalue weighted by Gasteiger charge is 2.33. The molecule has 0 saturated carbocycles. The second-order valence-corrected chi connectivity index (χ2v) is 6.21. The van der Waals surface area contributed by atoms with Crippen molar-refractivity contribution in [2.24, 2.45) is 0 Å². The minimum Gasteiger partial charge on any atom is -0.459 e. The molecule has 1 rings (SSSR count). The molecule has 16 heavy (non-hydrogen) atoms. The summed E-state index contributed by atoms with van der Waals surface area (Å²) in [7, 11) is 0. The summed E-state index contributed by atoms with van der Waals surface area (Å²) in [6.45, 7) is 7.79. The molecule has 4 heteroatoms. The zero-order valence-corrected chi connectivity index (χ0v) is 11.6. The van der Waals surface area contributed by atoms with Crippen LogP contribution in [0.4, 0.5) is 0 Å². The van der Waals surface area contributed by atoms with E-state index >= 15 is 0 Å². The first-order valence-corrected chi connectivity index (χ1v) is 7.29. The van der Waals surface area contributed by atoms with Crippen molar-refractivity contribution in [1.82, 2.24) is 4.90 Å². The van der Waals surface area contributed by atoms with Crippen LogP contribution in [0.2, 0.25) is 0 Å². The molecule has 1 heterocycles. The van der Waals surface area contributed by atoms with E-state index in [9.17, 15) is 4.79 Å². The average Bonchev–Trinajstić information content (AvgIpc) is 2.59. The van der Waals surface area contributed by atoms with Crippen LogP contribution in [0.1, 0.15) is 33.6 Å². The Bertz CT molecular complexity index is 238. The summed E-state index contributed by atoms with van der Waals surface area (Å²) in [5, 5.41) is 0. The van der Waals surface area contributed by atoms with Crippen molar-refractivity contribution < 1.29 is 9.53 Å². The monoisotopic (exact) mass is 245 g/mol. The number of hydrogen-bond donors (Lipinski definition) is 0. The smallest absolute Gasteiger partial charge is 0.323 e. The largest absolute Gasteiger partial charge is 0.459 e. The fourth-order valence-corrected chi connectivity index (χ4v) is 2.36. The molecule has 1 saturated heterocycles. The summed E-state index contributed by atoms with van der Waals surface area (Å²) < 4.78 is 5.44. The topological polar surface area (TPSA) is 29.5 Å². The Kier molecular flexibility index (Phi) is 5.12. The average molecular weight is 245 g/mol. The molecule has 1 atom stereocenters. The number of rotatable bonds is 4. The van der Waals surface area contributed by atoms with Crippen LogP contribution in [0.15, 0.2) is 0 Å². The summed E-state index contributed by atoms with van der Waals surface area (Å²) in [6.07, 6.45) is 4.15. The van der Waals surface area contributed by atoms with Gasteiger partial charge in [0.05, 0.1) is 0 Å². The third-order valence-corrected chi connectivity index (χ3v) is 3.22. The van der Waals surface area contributed by atoms with E-state index in [0.717, 1.165) is 31.7 Å². The Morgan fingerprint density at radius 2 is 2.19 bits per heavy atom. The van der Waals surface area contributed by atoms with Gasteiger partial charge in [-0.15, -0.1) is 0 Å². The molecule has 0 aromatic carbocycles. The number of likely N-dealkylation sites (tertiary alicyclic amines) is 1. The highest BCUT2D eigenvalue weighted by atomic mass is 32.2. The molecule has 3 nitrogen and oxygen atoms in total. The molecule has 0 amide bonds. The number of ether oxygens (including phenoxy) is 1. The summed E-state index contributed by atoms with van der Waals surface area (Å²) in [6, 6.07) is -0.00799. The minimum atomic E-state index is -0.370. The summed E-state index contributed by atoms with van der Waals surface area (Å²) in [5.41, 5.74) is -0.370. The van der Waals surface area contributed by atoms with Crippen LogP contribution < -0.4 is 0 Å². The fraction of sp³-hybridized carbons (Fsp3) is 0.917. The molecule has 0 N–H and O–H groups in total. The van der Waals surface area contributed by atoms with Gasteiger partial charge in [-0.3, -0.25) is 9.69 Å². The van der Waals surface area contributed by atoms with Crippen molar-refractivity contribution in [2.75, 3.05) is 25.1 Å². The van der Waals surface area contributed by atoms with Gasteiger partial charge in [-0.2, -0.15) is 11.8 Å². The van der Waals surface area contributed by atoms with Crippen LogP contribution in [0.3, 0.4) is 0 Å². The summed E-state index contributed by atoms with van der Waals surface area (Å²) >= 11 is 1.82. The first-order valence-electron chi connectivity index (χ1n) is 5.90. The van der Waals surface area contributed by atoms with Gasteiger partial charge in [0, 0.05) is 12.3 Å². The van der Waals surface area contributed by atoms with Gasteiger partial charge in [0.15, 0.2) is 0 Å². The van der Waals surface area contributed by atoms with Crippen molar-refractivity contribution in [3.8, 4) is 0 Å². The molecule has 94 valence electrons. The van der Waals surface area contributed by atoms with E-state index in [1.165, 1.54) is 0 Å². The number of thioether (sulfide) groups is 1. The summed E-state index contributed by atoms with van der Waals surface area (Å²) in [5.74, 6) is 1.03. The normalized spacial score (nSPS) is 22.4. The fourth-order valence-electron chi connectivity index (χ4n) is 1.94. The predicted octanol–water partition coefficient (Wildman–Crippen LogP) is 2.16. The predicted molar refractivity (Wildman–Crippen MR) is 68.8 cm³/mol. The lowest BCUT2D eigenvalue weighted by Gasteiger charge is -2.27. The van der Waals surface area contributed by atoms with Gasteiger partial charge < -0.3 is 4.74 Å². The number of nitrogens with zero attached hydrogens (tertiary/aromatic N) is 1. The molecule has 0 aromatic rings. The maximum atomic E-state index is 12.0. The van der Waals surface area contributed by atoms with E-state index in [0.29, 0.717) is 0 Å². The van der Waals surface area contributed by atoms with Gasteiger partial charge in [0.2, 0.25) is 0 Å². The molecular weight excluding hydrogens is 222 g/mol. The van der Waals surface area contributed by atoms with Crippen LogP contribution >= 0.6 is 11.8 Å². The Balaban J connectivity index is 2.47. The Morgan fingerprint density at radius 3 is 2.75 bits per heavy atom. The summed E-state index contributed by atoms with van der Waals surface area (Å²) in [4.78, 5) is 14.2. The van der Waals surface area contributed by atoms with E-state index < -0.39 is 0 Å². The zero-order chi connectivity index (χ0) is 12.2. The molecule has 1 fully saturated rings. The third-order valence-electron chi connectivity index (χ3n) is 2.63. The number of carbonyl (C=O) groups is 1. The van der Waals surface area contributed by atoms with E-state index in [1.54, 1.807) is 0 Å². The van der Waals surface area contributed by atoms with Gasteiger partial charge in [0.1, 0.15) is 11.6 Å². The van der Waals surface area contributed by atoms with Crippen LogP contribution in [-0.2, 0) is 9.53 Å². The lowest BCUT2D eigenvalue weighted by molar-refractivity contribution is -0.160. The SMILES string of the molecule is CSCCN1CCC[C@H]1C(=O)OC(C)(C)C. The standard InChI is InChI=1S/C12H23NO2S/c1-12(2,3)15-11(14)10-6-5-7-13(10)8-9-16-4/h10H,5-9H2,1-4H3/t10-/m0/s1. The second-order valence-electron chi connectivity index (χ2n) is 5.22. The molecular formula is C12H23NO2S. The maximum Gasteiger partial charge on any atom is 0.323 e. The lowest BCUT2D eigenvalue weighted by Crippen LogP contribution is -2.41. The molecule has 0 unspecified atom stereocenters. The molecule has 1 aliphatic rings. The lowest BCUT2D eigenvalue weighted by atomic mass is 10.1. The van der Waals surface area contributed by atoms with Gasteiger partial charge >= 0.3 is 5.97 Å². The van der Waals surface area contributed by atoms with Gasteiger partial charge in [-0.05, 0) is 46.4 Å². The number of hydrogen-bond acceptors (Lipinski definition) is 4. The van der Waals surface area contributed by atoms with Crippen LogP contribution in [-0.4, -0.2) is 47.6 Å². The van der Waals surface area contributed by atoms with Crippen LogP contribution in [0.5, 0.6) is 0 Å². The Morgan fingerprint density at radius 1 is 1.50 bits per heavy atom. The molecule has 1 aliphatic heterocycles. The maximum absolute atomic E-state index is 12.0. The van der Waals surface area contributed by atoms with E-state index in [2.05, 4.69) is 11.2 Å². The Labute approximate surface area is 103 Å². The van der Waals surface area contributed by atoms with Crippen molar-refractivity contribution in [2.45, 2.75) is 45.3 Å². The molecule has 0 aromatic heterocycles.